The molecule has 6 nitrogen and oxygen atoms in total. The molecule has 1 atom stereocenters. The third-order valence-corrected chi connectivity index (χ3v) is 4.43. The number of nitrogens with one attached hydrogen (secondary N) is 1. The maximum absolute atomic E-state index is 5.73. The van der Waals surface area contributed by atoms with E-state index < -0.39 is 0 Å². The van der Waals surface area contributed by atoms with Crippen LogP contribution in [0, 0.1) is 6.92 Å². The van der Waals surface area contributed by atoms with Gasteiger partial charge >= 0.3 is 0 Å². The first-order valence-corrected chi connectivity index (χ1v) is 7.42. The lowest BCUT2D eigenvalue weighted by molar-refractivity contribution is 0.182. The van der Waals surface area contributed by atoms with Crippen LogP contribution >= 0.6 is 27.3 Å². The van der Waals surface area contributed by atoms with Crippen molar-refractivity contribution in [3.63, 3.8) is 0 Å². The summed E-state index contributed by atoms with van der Waals surface area (Å²) in [6.45, 7) is 3.24. The fourth-order valence-electron chi connectivity index (χ4n) is 1.88. The number of hydrazine groups is 1. The number of halogens is 1. The number of hydrogen-bond donors (Lipinski definition) is 2. The molecule has 1 unspecified atom stereocenters. The molecule has 0 amide bonds. The Morgan fingerprint density at radius 1 is 1.63 bits per heavy atom. The van der Waals surface area contributed by atoms with E-state index in [0.29, 0.717) is 13.2 Å². The van der Waals surface area contributed by atoms with Crippen molar-refractivity contribution >= 4 is 27.3 Å². The summed E-state index contributed by atoms with van der Waals surface area (Å²) >= 11 is 5.10. The summed E-state index contributed by atoms with van der Waals surface area (Å²) in [6, 6.07) is -0.138. The van der Waals surface area contributed by atoms with Crippen molar-refractivity contribution in [1.29, 1.82) is 0 Å². The number of nitrogens with zero attached hydrogens (tertiary/aromatic N) is 3. The van der Waals surface area contributed by atoms with E-state index >= 15 is 0 Å². The van der Waals surface area contributed by atoms with E-state index in [4.69, 9.17) is 10.6 Å². The molecule has 0 aliphatic carbocycles. The number of rotatable bonds is 6. The molecule has 19 heavy (non-hydrogen) atoms. The predicted molar refractivity (Wildman–Crippen MR) is 77.8 cm³/mol. The van der Waals surface area contributed by atoms with Crippen LogP contribution in [0.15, 0.2) is 16.2 Å². The van der Waals surface area contributed by atoms with Crippen molar-refractivity contribution < 1.29 is 4.74 Å². The van der Waals surface area contributed by atoms with Gasteiger partial charge in [-0.2, -0.15) is 5.10 Å². The highest BCUT2D eigenvalue weighted by Crippen LogP contribution is 2.31. The highest BCUT2D eigenvalue weighted by molar-refractivity contribution is 9.10. The standard InChI is InChI=1S/C11H16BrN5OS/c1-7-11(19-6-14-7)9(16-13)10-8(12)5-15-17(10)3-4-18-2/h5-6,9,16H,3-4,13H2,1-2H3. The van der Waals surface area contributed by atoms with Crippen LogP contribution in [0.3, 0.4) is 0 Å². The predicted octanol–water partition coefficient (Wildman–Crippen LogP) is 1.61. The molecule has 3 N–H and O–H groups in total. The number of ether oxygens (including phenoxy) is 1. The van der Waals surface area contributed by atoms with Crippen LogP contribution in [0.4, 0.5) is 0 Å². The molecule has 0 aliphatic heterocycles. The van der Waals surface area contributed by atoms with Gasteiger partial charge in [0.15, 0.2) is 0 Å². The summed E-state index contributed by atoms with van der Waals surface area (Å²) in [5.74, 6) is 5.73. The van der Waals surface area contributed by atoms with Crippen LogP contribution in [0.1, 0.15) is 22.3 Å². The lowest BCUT2D eigenvalue weighted by Gasteiger charge is -2.17. The average molecular weight is 346 g/mol. The lowest BCUT2D eigenvalue weighted by atomic mass is 10.1. The molecule has 2 rings (SSSR count). The van der Waals surface area contributed by atoms with Gasteiger partial charge in [-0.15, -0.1) is 11.3 Å². The summed E-state index contributed by atoms with van der Waals surface area (Å²) in [5.41, 5.74) is 6.61. The monoisotopic (exact) mass is 345 g/mol. The van der Waals surface area contributed by atoms with E-state index in [1.165, 1.54) is 0 Å². The fraction of sp³-hybridized carbons (Fsp3) is 0.455. The van der Waals surface area contributed by atoms with Gasteiger partial charge in [0.25, 0.3) is 0 Å². The molecular weight excluding hydrogens is 330 g/mol. The van der Waals surface area contributed by atoms with Crippen molar-refractivity contribution in [3.05, 3.63) is 32.4 Å². The normalized spacial score (nSPS) is 12.8. The van der Waals surface area contributed by atoms with E-state index in [9.17, 15) is 0 Å². The number of thiazole rings is 1. The Labute approximate surface area is 124 Å². The van der Waals surface area contributed by atoms with Crippen LogP contribution in [-0.4, -0.2) is 28.5 Å². The first kappa shape index (κ1) is 14.6. The molecule has 2 aromatic rings. The summed E-state index contributed by atoms with van der Waals surface area (Å²) in [7, 11) is 1.67. The Bertz CT molecular complexity index is 541. The van der Waals surface area contributed by atoms with Gasteiger partial charge in [-0.05, 0) is 22.9 Å². The van der Waals surface area contributed by atoms with E-state index in [0.717, 1.165) is 20.7 Å². The summed E-state index contributed by atoms with van der Waals surface area (Å²) in [5, 5.41) is 4.34. The SMILES string of the molecule is COCCn1ncc(Br)c1C(NN)c1scnc1C. The average Bonchev–Trinajstić information content (AvgIpc) is 2.97. The second-order valence-corrected chi connectivity index (χ2v) is 5.74. The van der Waals surface area contributed by atoms with E-state index in [1.54, 1.807) is 24.6 Å². The molecule has 0 bridgehead atoms. The van der Waals surface area contributed by atoms with Crippen LogP contribution in [0.2, 0.25) is 0 Å². The molecule has 0 fully saturated rings. The molecule has 0 aliphatic rings. The minimum Gasteiger partial charge on any atom is -0.383 e. The van der Waals surface area contributed by atoms with Gasteiger partial charge in [0.05, 0.1) is 51.6 Å². The van der Waals surface area contributed by atoms with Crippen LogP contribution < -0.4 is 11.3 Å². The first-order chi connectivity index (χ1) is 9.19. The number of methoxy groups -OCH3 is 1. The van der Waals surface area contributed by atoms with Crippen molar-refractivity contribution in [3.8, 4) is 0 Å². The second kappa shape index (κ2) is 6.58. The molecule has 2 heterocycles. The second-order valence-electron chi connectivity index (χ2n) is 4.00. The summed E-state index contributed by atoms with van der Waals surface area (Å²) in [4.78, 5) is 5.36. The van der Waals surface area contributed by atoms with Crippen LogP contribution in [-0.2, 0) is 11.3 Å². The Morgan fingerprint density at radius 2 is 2.42 bits per heavy atom. The Hall–Kier alpha value is -0.800. The zero-order valence-electron chi connectivity index (χ0n) is 10.8. The number of hydrogen-bond acceptors (Lipinski definition) is 6. The Morgan fingerprint density at radius 3 is 3.00 bits per heavy atom. The highest BCUT2D eigenvalue weighted by atomic mass is 79.9. The van der Waals surface area contributed by atoms with Gasteiger partial charge in [-0.3, -0.25) is 10.5 Å². The topological polar surface area (TPSA) is 78.0 Å². The number of aromatic nitrogens is 3. The fourth-order valence-corrected chi connectivity index (χ4v) is 3.27. The zero-order valence-corrected chi connectivity index (χ0v) is 13.2. The van der Waals surface area contributed by atoms with Crippen molar-refractivity contribution in [2.24, 2.45) is 5.84 Å². The van der Waals surface area contributed by atoms with E-state index in [2.05, 4.69) is 31.4 Å². The minimum atomic E-state index is -0.138. The molecule has 0 spiro atoms. The van der Waals surface area contributed by atoms with Gasteiger partial charge in [-0.25, -0.2) is 10.4 Å². The molecule has 0 saturated carbocycles. The van der Waals surface area contributed by atoms with Gasteiger partial charge < -0.3 is 4.74 Å². The molecule has 0 saturated heterocycles. The maximum atomic E-state index is 5.73. The van der Waals surface area contributed by atoms with Crippen LogP contribution in [0.25, 0.3) is 0 Å². The quantitative estimate of drug-likeness (QED) is 0.614. The van der Waals surface area contributed by atoms with Crippen molar-refractivity contribution in [1.82, 2.24) is 20.2 Å². The highest BCUT2D eigenvalue weighted by Gasteiger charge is 2.23. The third kappa shape index (κ3) is 3.03. The molecule has 0 aromatic carbocycles. The lowest BCUT2D eigenvalue weighted by Crippen LogP contribution is -2.31. The maximum Gasteiger partial charge on any atom is 0.1000 e. The largest absolute Gasteiger partial charge is 0.383 e. The summed E-state index contributed by atoms with van der Waals surface area (Å²) in [6.07, 6.45) is 1.77. The van der Waals surface area contributed by atoms with E-state index in [1.807, 2.05) is 17.1 Å². The first-order valence-electron chi connectivity index (χ1n) is 5.75. The molecule has 8 heteroatoms. The summed E-state index contributed by atoms with van der Waals surface area (Å²) < 4.78 is 7.90. The Kier molecular flexibility index (Phi) is 5.06. The van der Waals surface area contributed by atoms with Gasteiger partial charge in [0, 0.05) is 7.11 Å². The van der Waals surface area contributed by atoms with Gasteiger partial charge in [-0.1, -0.05) is 0 Å². The van der Waals surface area contributed by atoms with Crippen molar-refractivity contribution in [2.45, 2.75) is 19.5 Å². The Balaban J connectivity index is 2.38. The zero-order chi connectivity index (χ0) is 13.8. The van der Waals surface area contributed by atoms with Gasteiger partial charge in [0.1, 0.15) is 0 Å². The molecule has 0 radical (unpaired) electrons. The minimum absolute atomic E-state index is 0.138. The molecular formula is C11H16BrN5OS. The number of nitrogens with two attached hydrogens (primary N) is 1. The third-order valence-electron chi connectivity index (χ3n) is 2.83. The molecule has 2 aromatic heterocycles. The van der Waals surface area contributed by atoms with Gasteiger partial charge in [0.2, 0.25) is 0 Å². The van der Waals surface area contributed by atoms with E-state index in [-0.39, 0.29) is 6.04 Å². The van der Waals surface area contributed by atoms with Crippen molar-refractivity contribution in [2.75, 3.05) is 13.7 Å². The molecule has 104 valence electrons. The van der Waals surface area contributed by atoms with Crippen LogP contribution in [0.5, 0.6) is 0 Å². The number of aryl methyl sites for hydroxylation is 1. The smallest absolute Gasteiger partial charge is 0.1000 e.